The van der Waals surface area contributed by atoms with Gasteiger partial charge < -0.3 is 4.74 Å². The lowest BCUT2D eigenvalue weighted by atomic mass is 10.4. The first-order valence-electron chi connectivity index (χ1n) is 2.06. The van der Waals surface area contributed by atoms with Crippen molar-refractivity contribution in [3.05, 3.63) is 0 Å². The molecule has 0 bridgehead atoms. The Bertz CT molecular complexity index is 53.5. The van der Waals surface area contributed by atoms with Crippen molar-refractivity contribution in [1.29, 1.82) is 0 Å². The van der Waals surface area contributed by atoms with Gasteiger partial charge in [-0.3, -0.25) is 0 Å². The molecule has 1 nitrogen and oxygen atoms in total. The zero-order valence-corrected chi connectivity index (χ0v) is 4.40. The molecule has 0 spiro atoms. The fourth-order valence-corrected chi connectivity index (χ4v) is 0.716. The van der Waals surface area contributed by atoms with Crippen LogP contribution in [0.3, 0.4) is 0 Å². The van der Waals surface area contributed by atoms with E-state index in [-0.39, 0.29) is 0 Å². The summed E-state index contributed by atoms with van der Waals surface area (Å²) in [5.41, 5.74) is 0. The normalized spacial score (nSPS) is 43.0. The van der Waals surface area contributed by atoms with Gasteiger partial charge in [-0.15, -0.1) is 11.6 Å². The van der Waals surface area contributed by atoms with Gasteiger partial charge in [0.1, 0.15) is 0 Å². The van der Waals surface area contributed by atoms with Crippen LogP contribution in [0.15, 0.2) is 0 Å². The Morgan fingerprint density at radius 2 is 2.33 bits per heavy atom. The quantitative estimate of drug-likeness (QED) is 0.359. The van der Waals surface area contributed by atoms with Crippen LogP contribution >= 0.6 is 11.6 Å². The molecule has 1 rings (SSSR count). The van der Waals surface area contributed by atoms with Crippen LogP contribution in [0.5, 0.6) is 0 Å². The molecule has 0 aliphatic carbocycles. The molecule has 6 heavy (non-hydrogen) atoms. The van der Waals surface area contributed by atoms with E-state index in [0.29, 0.717) is 18.1 Å². The van der Waals surface area contributed by atoms with Crippen LogP contribution in [0.2, 0.25) is 0 Å². The van der Waals surface area contributed by atoms with Crippen LogP contribution in [-0.4, -0.2) is 18.1 Å². The van der Waals surface area contributed by atoms with Crippen molar-refractivity contribution in [2.75, 3.05) is 5.88 Å². The predicted molar refractivity (Wildman–Crippen MR) is 25.1 cm³/mol. The number of halogens is 1. The second kappa shape index (κ2) is 1.39. The molecule has 0 unspecified atom stereocenters. The average Bonchev–Trinajstić information content (AvgIpc) is 2.19. The zero-order valence-electron chi connectivity index (χ0n) is 3.65. The van der Waals surface area contributed by atoms with Crippen LogP contribution in [0, 0.1) is 0 Å². The van der Waals surface area contributed by atoms with Gasteiger partial charge in [-0.2, -0.15) is 0 Å². The third-order valence-electron chi connectivity index (χ3n) is 0.988. The maximum atomic E-state index is 5.37. The highest BCUT2D eigenvalue weighted by molar-refractivity contribution is 6.18. The average molecular weight is 107 g/mol. The lowest BCUT2D eigenvalue weighted by molar-refractivity contribution is 0.390. The van der Waals surface area contributed by atoms with E-state index < -0.39 is 0 Å². The Kier molecular flexibility index (Phi) is 1.02. The summed E-state index contributed by atoms with van der Waals surface area (Å²) in [7, 11) is 0. The molecule has 0 amide bonds. The number of hydrogen-bond donors (Lipinski definition) is 0. The molecular formula is C4H7ClO. The summed E-state index contributed by atoms with van der Waals surface area (Å²) in [6.45, 7) is 2.02. The zero-order chi connectivity index (χ0) is 4.57. The fourth-order valence-electron chi connectivity index (χ4n) is 0.392. The monoisotopic (exact) mass is 106 g/mol. The largest absolute Gasteiger partial charge is 0.369 e. The number of ether oxygens (including phenoxy) is 1. The SMILES string of the molecule is C[C@H]1O[C@H]1CCl. The van der Waals surface area contributed by atoms with Crippen molar-refractivity contribution in [2.45, 2.75) is 19.1 Å². The maximum Gasteiger partial charge on any atom is 0.0973 e. The van der Waals surface area contributed by atoms with Gasteiger partial charge in [0.15, 0.2) is 0 Å². The van der Waals surface area contributed by atoms with E-state index in [1.54, 1.807) is 0 Å². The molecule has 0 aromatic carbocycles. The van der Waals surface area contributed by atoms with Crippen LogP contribution in [-0.2, 0) is 4.74 Å². The first-order valence-corrected chi connectivity index (χ1v) is 2.59. The van der Waals surface area contributed by atoms with E-state index in [1.807, 2.05) is 6.92 Å². The highest BCUT2D eigenvalue weighted by Gasteiger charge is 2.32. The minimum Gasteiger partial charge on any atom is -0.369 e. The van der Waals surface area contributed by atoms with Crippen molar-refractivity contribution < 1.29 is 4.74 Å². The smallest absolute Gasteiger partial charge is 0.0973 e. The second-order valence-electron chi connectivity index (χ2n) is 1.53. The molecule has 0 radical (unpaired) electrons. The summed E-state index contributed by atoms with van der Waals surface area (Å²) in [4.78, 5) is 0. The highest BCUT2D eigenvalue weighted by atomic mass is 35.5. The lowest BCUT2D eigenvalue weighted by Gasteiger charge is -1.70. The predicted octanol–water partition coefficient (Wildman–Crippen LogP) is 1.01. The van der Waals surface area contributed by atoms with E-state index in [0.717, 1.165) is 0 Å². The van der Waals surface area contributed by atoms with Gasteiger partial charge in [0.05, 0.1) is 18.1 Å². The lowest BCUT2D eigenvalue weighted by Crippen LogP contribution is -1.87. The molecule has 0 aromatic rings. The van der Waals surface area contributed by atoms with E-state index in [4.69, 9.17) is 16.3 Å². The van der Waals surface area contributed by atoms with E-state index in [9.17, 15) is 0 Å². The first-order chi connectivity index (χ1) is 2.84. The molecule has 2 atom stereocenters. The molecular weight excluding hydrogens is 99.5 g/mol. The molecule has 0 aromatic heterocycles. The van der Waals surface area contributed by atoms with Crippen molar-refractivity contribution in [1.82, 2.24) is 0 Å². The Hall–Kier alpha value is 0.250. The third kappa shape index (κ3) is 0.660. The van der Waals surface area contributed by atoms with Crippen molar-refractivity contribution in [3.63, 3.8) is 0 Å². The topological polar surface area (TPSA) is 12.5 Å². The van der Waals surface area contributed by atoms with Gasteiger partial charge in [-0.1, -0.05) is 0 Å². The standard InChI is InChI=1S/C4H7ClO/c1-3-4(2-5)6-3/h3-4H,2H2,1H3/t3-,4+/m1/s1. The minimum atomic E-state index is 0.367. The summed E-state index contributed by atoms with van der Waals surface area (Å²) < 4.78 is 4.93. The van der Waals surface area contributed by atoms with Crippen molar-refractivity contribution in [2.24, 2.45) is 0 Å². The Labute approximate surface area is 42.2 Å². The molecule has 1 aliphatic rings. The summed E-state index contributed by atoms with van der Waals surface area (Å²) in [6, 6.07) is 0. The van der Waals surface area contributed by atoms with E-state index in [2.05, 4.69) is 0 Å². The van der Waals surface area contributed by atoms with Gasteiger partial charge in [0.2, 0.25) is 0 Å². The summed E-state index contributed by atoms with van der Waals surface area (Å²) >= 11 is 5.37. The van der Waals surface area contributed by atoms with Gasteiger partial charge in [0, 0.05) is 0 Å². The summed E-state index contributed by atoms with van der Waals surface area (Å²) in [6.07, 6.45) is 0.800. The highest BCUT2D eigenvalue weighted by Crippen LogP contribution is 2.21. The maximum absolute atomic E-state index is 5.37. The Morgan fingerprint density at radius 3 is 2.33 bits per heavy atom. The number of alkyl halides is 1. The number of hydrogen-bond acceptors (Lipinski definition) is 1. The molecule has 1 aliphatic heterocycles. The van der Waals surface area contributed by atoms with Crippen molar-refractivity contribution >= 4 is 11.6 Å². The van der Waals surface area contributed by atoms with Crippen LogP contribution in [0.1, 0.15) is 6.92 Å². The van der Waals surface area contributed by atoms with Crippen LogP contribution in [0.25, 0.3) is 0 Å². The van der Waals surface area contributed by atoms with Gasteiger partial charge in [-0.25, -0.2) is 0 Å². The van der Waals surface area contributed by atoms with Crippen LogP contribution < -0.4 is 0 Å². The third-order valence-corrected chi connectivity index (χ3v) is 1.29. The van der Waals surface area contributed by atoms with Gasteiger partial charge in [0.25, 0.3) is 0 Å². The Morgan fingerprint density at radius 1 is 1.83 bits per heavy atom. The van der Waals surface area contributed by atoms with Gasteiger partial charge >= 0.3 is 0 Å². The minimum absolute atomic E-state index is 0.367. The summed E-state index contributed by atoms with van der Waals surface area (Å²) in [5, 5.41) is 0. The van der Waals surface area contributed by atoms with Gasteiger partial charge in [-0.05, 0) is 6.92 Å². The fraction of sp³-hybridized carbons (Fsp3) is 1.00. The molecule has 36 valence electrons. The van der Waals surface area contributed by atoms with Crippen molar-refractivity contribution in [3.8, 4) is 0 Å². The Balaban J connectivity index is 2.09. The summed E-state index contributed by atoms with van der Waals surface area (Å²) in [5.74, 6) is 0.654. The number of epoxide rings is 1. The molecule has 1 saturated heterocycles. The molecule has 0 N–H and O–H groups in total. The van der Waals surface area contributed by atoms with E-state index >= 15 is 0 Å². The van der Waals surface area contributed by atoms with E-state index in [1.165, 1.54) is 0 Å². The second-order valence-corrected chi connectivity index (χ2v) is 1.84. The molecule has 1 fully saturated rings. The molecule has 2 heteroatoms. The first kappa shape index (κ1) is 4.41. The molecule has 1 heterocycles. The number of rotatable bonds is 1. The van der Waals surface area contributed by atoms with Crippen LogP contribution in [0.4, 0.5) is 0 Å². The molecule has 0 saturated carbocycles.